The maximum atomic E-state index is 12.4. The van der Waals surface area contributed by atoms with Crippen LogP contribution in [0.5, 0.6) is 0 Å². The molecule has 1 aromatic heterocycles. The molecule has 3 rings (SSSR count). The lowest BCUT2D eigenvalue weighted by atomic mass is 9.58. The van der Waals surface area contributed by atoms with Gasteiger partial charge in [-0.25, -0.2) is 4.98 Å². The van der Waals surface area contributed by atoms with E-state index in [0.29, 0.717) is 37.9 Å². The number of pyridine rings is 1. The number of amides is 1. The van der Waals surface area contributed by atoms with Crippen molar-refractivity contribution in [2.45, 2.75) is 31.5 Å². The molecule has 1 aliphatic carbocycles. The first-order valence-corrected chi connectivity index (χ1v) is 7.08. The van der Waals surface area contributed by atoms with Gasteiger partial charge in [0, 0.05) is 31.1 Å². The molecule has 0 unspecified atom stereocenters. The van der Waals surface area contributed by atoms with Crippen LogP contribution in [-0.2, 0) is 0 Å². The summed E-state index contributed by atoms with van der Waals surface area (Å²) in [6.07, 6.45) is 2.17. The molecule has 1 saturated heterocycles. The van der Waals surface area contributed by atoms with Gasteiger partial charge in [-0.3, -0.25) is 4.79 Å². The predicted octanol–water partition coefficient (Wildman–Crippen LogP) is 0.301. The molecular formula is C15H17N3O3. The zero-order valence-electron chi connectivity index (χ0n) is 11.6. The fourth-order valence-corrected chi connectivity index (χ4v) is 3.30. The third-order valence-electron chi connectivity index (χ3n) is 4.88. The van der Waals surface area contributed by atoms with Crippen molar-refractivity contribution in [1.82, 2.24) is 9.88 Å². The van der Waals surface area contributed by atoms with Crippen molar-refractivity contribution in [2.75, 3.05) is 13.1 Å². The molecule has 0 aromatic carbocycles. The third kappa shape index (κ3) is 2.19. The van der Waals surface area contributed by atoms with Gasteiger partial charge >= 0.3 is 0 Å². The van der Waals surface area contributed by atoms with E-state index in [2.05, 4.69) is 4.98 Å². The summed E-state index contributed by atoms with van der Waals surface area (Å²) in [7, 11) is 0. The molecule has 2 N–H and O–H groups in total. The van der Waals surface area contributed by atoms with Crippen molar-refractivity contribution >= 4 is 5.91 Å². The summed E-state index contributed by atoms with van der Waals surface area (Å²) in [6, 6.07) is 5.05. The average molecular weight is 287 g/mol. The SMILES string of the molecule is N#Cc1ccc(C(=O)N2CCC3(CC2)[C@H](O)C[C@@H]3O)cn1. The molecule has 2 fully saturated rings. The first-order chi connectivity index (χ1) is 10.1. The third-order valence-corrected chi connectivity index (χ3v) is 4.88. The van der Waals surface area contributed by atoms with Crippen LogP contribution in [0, 0.1) is 16.7 Å². The first kappa shape index (κ1) is 14.0. The van der Waals surface area contributed by atoms with Crippen LogP contribution in [0.25, 0.3) is 0 Å². The maximum absolute atomic E-state index is 12.4. The normalized spacial score (nSPS) is 27.0. The summed E-state index contributed by atoms with van der Waals surface area (Å²) in [4.78, 5) is 18.0. The number of rotatable bonds is 1. The quantitative estimate of drug-likeness (QED) is 0.774. The zero-order chi connectivity index (χ0) is 15.0. The molecule has 0 radical (unpaired) electrons. The van der Waals surface area contributed by atoms with E-state index >= 15 is 0 Å². The Hall–Kier alpha value is -1.97. The van der Waals surface area contributed by atoms with Gasteiger partial charge in [0.05, 0.1) is 17.8 Å². The van der Waals surface area contributed by atoms with Gasteiger partial charge in [-0.2, -0.15) is 5.26 Å². The van der Waals surface area contributed by atoms with Crippen molar-refractivity contribution in [3.63, 3.8) is 0 Å². The number of carbonyl (C=O) groups is 1. The predicted molar refractivity (Wildman–Crippen MR) is 73.2 cm³/mol. The van der Waals surface area contributed by atoms with Crippen LogP contribution in [0.4, 0.5) is 0 Å². The van der Waals surface area contributed by atoms with Crippen molar-refractivity contribution in [3.05, 3.63) is 29.6 Å². The number of nitriles is 1. The molecule has 6 heteroatoms. The highest BCUT2D eigenvalue weighted by atomic mass is 16.3. The van der Waals surface area contributed by atoms with Gasteiger partial charge in [-0.15, -0.1) is 0 Å². The smallest absolute Gasteiger partial charge is 0.255 e. The van der Waals surface area contributed by atoms with Crippen LogP contribution in [-0.4, -0.2) is 51.3 Å². The van der Waals surface area contributed by atoms with Crippen LogP contribution in [0.15, 0.2) is 18.3 Å². The van der Waals surface area contributed by atoms with E-state index in [9.17, 15) is 15.0 Å². The number of aliphatic hydroxyl groups is 2. The molecule has 1 aliphatic heterocycles. The lowest BCUT2D eigenvalue weighted by molar-refractivity contribution is -0.187. The minimum Gasteiger partial charge on any atom is -0.392 e. The summed E-state index contributed by atoms with van der Waals surface area (Å²) in [5, 5.41) is 28.5. The minimum atomic E-state index is -0.457. The molecule has 110 valence electrons. The molecule has 21 heavy (non-hydrogen) atoms. The van der Waals surface area contributed by atoms with Gasteiger partial charge in [0.15, 0.2) is 0 Å². The highest BCUT2D eigenvalue weighted by molar-refractivity contribution is 5.94. The lowest BCUT2D eigenvalue weighted by Gasteiger charge is -2.54. The number of aliphatic hydroxyl groups excluding tert-OH is 2. The fraction of sp³-hybridized carbons (Fsp3) is 0.533. The standard InChI is InChI=1S/C15H17N3O3/c16-8-11-2-1-10(9-17-11)14(21)18-5-3-15(4-6-18)12(19)7-13(15)20/h1-2,9,12-13,19-20H,3-7H2/t12-,13+. The molecular weight excluding hydrogens is 270 g/mol. The van der Waals surface area contributed by atoms with E-state index in [0.717, 1.165) is 0 Å². The summed E-state index contributed by atoms with van der Waals surface area (Å²) < 4.78 is 0. The van der Waals surface area contributed by atoms with Gasteiger partial charge in [0.25, 0.3) is 5.91 Å². The molecule has 0 bridgehead atoms. The molecule has 2 atom stereocenters. The Morgan fingerprint density at radius 2 is 2.00 bits per heavy atom. The second kappa shape index (κ2) is 5.10. The Balaban J connectivity index is 1.66. The lowest BCUT2D eigenvalue weighted by Crippen LogP contribution is -2.61. The number of piperidine rings is 1. The minimum absolute atomic E-state index is 0.120. The number of nitrogens with zero attached hydrogens (tertiary/aromatic N) is 3. The van der Waals surface area contributed by atoms with Crippen LogP contribution in [0.1, 0.15) is 35.3 Å². The van der Waals surface area contributed by atoms with Gasteiger partial charge in [0.2, 0.25) is 0 Å². The summed E-state index contributed by atoms with van der Waals surface area (Å²) in [5.74, 6) is -0.120. The van der Waals surface area contributed by atoms with Gasteiger partial charge < -0.3 is 15.1 Å². The Labute approximate surface area is 122 Å². The fourth-order valence-electron chi connectivity index (χ4n) is 3.30. The van der Waals surface area contributed by atoms with Crippen molar-refractivity contribution in [3.8, 4) is 6.07 Å². The van der Waals surface area contributed by atoms with Crippen molar-refractivity contribution in [1.29, 1.82) is 5.26 Å². The monoisotopic (exact) mass is 287 g/mol. The highest BCUT2D eigenvalue weighted by Gasteiger charge is 2.55. The molecule has 1 amide bonds. The average Bonchev–Trinajstić information content (AvgIpc) is 2.54. The van der Waals surface area contributed by atoms with E-state index in [1.807, 2.05) is 6.07 Å². The Morgan fingerprint density at radius 3 is 2.48 bits per heavy atom. The summed E-state index contributed by atoms with van der Waals surface area (Å²) >= 11 is 0. The van der Waals surface area contributed by atoms with E-state index < -0.39 is 17.6 Å². The molecule has 1 saturated carbocycles. The maximum Gasteiger partial charge on any atom is 0.255 e. The van der Waals surface area contributed by atoms with E-state index in [1.165, 1.54) is 12.3 Å². The molecule has 2 heterocycles. The van der Waals surface area contributed by atoms with Crippen molar-refractivity contribution < 1.29 is 15.0 Å². The summed E-state index contributed by atoms with van der Waals surface area (Å²) in [5.41, 5.74) is 0.323. The second-order valence-electron chi connectivity index (χ2n) is 5.84. The van der Waals surface area contributed by atoms with Gasteiger partial charge in [-0.1, -0.05) is 0 Å². The number of likely N-dealkylation sites (tertiary alicyclic amines) is 1. The Kier molecular flexibility index (Phi) is 3.40. The van der Waals surface area contributed by atoms with E-state index in [1.54, 1.807) is 11.0 Å². The number of carbonyl (C=O) groups excluding carboxylic acids is 1. The zero-order valence-corrected chi connectivity index (χ0v) is 11.6. The molecule has 1 aromatic rings. The molecule has 6 nitrogen and oxygen atoms in total. The largest absolute Gasteiger partial charge is 0.392 e. The highest BCUT2D eigenvalue weighted by Crippen LogP contribution is 2.49. The molecule has 1 spiro atoms. The number of hydrogen-bond donors (Lipinski definition) is 2. The van der Waals surface area contributed by atoms with Crippen LogP contribution >= 0.6 is 0 Å². The second-order valence-corrected chi connectivity index (χ2v) is 5.84. The summed E-state index contributed by atoms with van der Waals surface area (Å²) in [6.45, 7) is 1.04. The number of aromatic nitrogens is 1. The van der Waals surface area contributed by atoms with Crippen LogP contribution < -0.4 is 0 Å². The van der Waals surface area contributed by atoms with Crippen molar-refractivity contribution in [2.24, 2.45) is 5.41 Å². The van der Waals surface area contributed by atoms with E-state index in [-0.39, 0.29) is 11.6 Å². The van der Waals surface area contributed by atoms with Crippen LogP contribution in [0.3, 0.4) is 0 Å². The van der Waals surface area contributed by atoms with Crippen LogP contribution in [0.2, 0.25) is 0 Å². The number of hydrogen-bond acceptors (Lipinski definition) is 5. The first-order valence-electron chi connectivity index (χ1n) is 7.08. The Morgan fingerprint density at radius 1 is 1.33 bits per heavy atom. The Bertz CT molecular complexity index is 575. The topological polar surface area (TPSA) is 97.5 Å². The molecule has 2 aliphatic rings. The van der Waals surface area contributed by atoms with Gasteiger partial charge in [0.1, 0.15) is 11.8 Å². The van der Waals surface area contributed by atoms with Gasteiger partial charge in [-0.05, 0) is 25.0 Å². The van der Waals surface area contributed by atoms with E-state index in [4.69, 9.17) is 5.26 Å².